The van der Waals surface area contributed by atoms with Gasteiger partial charge in [0.25, 0.3) is 0 Å². The number of nitrogens with one attached hydrogen (secondary N) is 1. The molecule has 1 N–H and O–H groups in total. The monoisotopic (exact) mass is 400 g/mol. The van der Waals surface area contributed by atoms with Crippen LogP contribution in [0, 0.1) is 19.8 Å². The Bertz CT molecular complexity index is 1020. The number of aromatic nitrogens is 2. The highest BCUT2D eigenvalue weighted by molar-refractivity contribution is 5.79. The van der Waals surface area contributed by atoms with Crippen molar-refractivity contribution in [2.75, 3.05) is 18.0 Å². The lowest BCUT2D eigenvalue weighted by atomic mass is 9.97. The number of piperidine rings is 1. The number of carbonyl (C=O) groups excluding carboxylic acids is 1. The third-order valence-electron chi connectivity index (χ3n) is 5.78. The van der Waals surface area contributed by atoms with Crippen LogP contribution in [0.15, 0.2) is 60.8 Å². The van der Waals surface area contributed by atoms with Crippen LogP contribution in [0.1, 0.15) is 29.5 Å². The van der Waals surface area contributed by atoms with E-state index in [4.69, 9.17) is 4.98 Å². The van der Waals surface area contributed by atoms with Crippen LogP contribution >= 0.6 is 0 Å². The molecule has 0 unspecified atom stereocenters. The van der Waals surface area contributed by atoms with Gasteiger partial charge in [0.15, 0.2) is 5.82 Å². The summed E-state index contributed by atoms with van der Waals surface area (Å²) in [6.07, 6.45) is 3.69. The highest BCUT2D eigenvalue weighted by atomic mass is 16.1. The Hall–Kier alpha value is -3.21. The van der Waals surface area contributed by atoms with Gasteiger partial charge in [0.05, 0.1) is 5.92 Å². The van der Waals surface area contributed by atoms with E-state index in [0.29, 0.717) is 13.1 Å². The molecule has 0 radical (unpaired) electrons. The van der Waals surface area contributed by atoms with Gasteiger partial charge in [0.1, 0.15) is 5.82 Å². The maximum atomic E-state index is 12.8. The molecule has 1 amide bonds. The first-order chi connectivity index (χ1) is 14.6. The summed E-state index contributed by atoms with van der Waals surface area (Å²) >= 11 is 0. The first kappa shape index (κ1) is 20.1. The molecular weight excluding hydrogens is 372 g/mol. The Morgan fingerprint density at radius 1 is 1.10 bits per heavy atom. The van der Waals surface area contributed by atoms with Gasteiger partial charge in [-0.1, -0.05) is 54.1 Å². The lowest BCUT2D eigenvalue weighted by Crippen LogP contribution is -2.43. The molecule has 0 saturated carbocycles. The number of hydrogen-bond donors (Lipinski definition) is 1. The predicted molar refractivity (Wildman–Crippen MR) is 120 cm³/mol. The summed E-state index contributed by atoms with van der Waals surface area (Å²) in [6.45, 7) is 6.31. The Morgan fingerprint density at radius 3 is 2.70 bits per heavy atom. The second-order valence-corrected chi connectivity index (χ2v) is 8.03. The molecule has 1 aliphatic heterocycles. The standard InChI is InChI=1S/C25H28N4O/c1-18-9-11-20(12-10-18)24-26-14-13-23(28-24)29-15-5-8-22(17-29)25(30)27-16-21-7-4-3-6-19(21)2/h3-4,6-7,9-14,22H,5,8,15-17H2,1-2H3,(H,27,30)/t22-/m1/s1. The van der Waals surface area contributed by atoms with E-state index in [9.17, 15) is 4.79 Å². The lowest BCUT2D eigenvalue weighted by molar-refractivity contribution is -0.125. The second kappa shape index (κ2) is 9.08. The van der Waals surface area contributed by atoms with Crippen LogP contribution in [0.25, 0.3) is 11.4 Å². The summed E-state index contributed by atoms with van der Waals surface area (Å²) in [6, 6.07) is 18.3. The zero-order chi connectivity index (χ0) is 20.9. The van der Waals surface area contributed by atoms with Crippen molar-refractivity contribution in [2.24, 2.45) is 5.92 Å². The van der Waals surface area contributed by atoms with E-state index in [-0.39, 0.29) is 11.8 Å². The third kappa shape index (κ3) is 4.67. The molecule has 154 valence electrons. The molecule has 1 aromatic heterocycles. The number of rotatable bonds is 5. The quantitative estimate of drug-likeness (QED) is 0.694. The molecule has 4 rings (SSSR count). The van der Waals surface area contributed by atoms with Crippen molar-refractivity contribution in [2.45, 2.75) is 33.2 Å². The van der Waals surface area contributed by atoms with E-state index in [1.807, 2.05) is 30.3 Å². The van der Waals surface area contributed by atoms with Crippen molar-refractivity contribution >= 4 is 11.7 Å². The minimum atomic E-state index is -0.0273. The number of anilines is 1. The molecule has 0 bridgehead atoms. The van der Waals surface area contributed by atoms with Gasteiger partial charge in [-0.3, -0.25) is 4.79 Å². The van der Waals surface area contributed by atoms with Crippen molar-refractivity contribution in [3.05, 3.63) is 77.5 Å². The fourth-order valence-corrected chi connectivity index (χ4v) is 3.90. The van der Waals surface area contributed by atoms with E-state index in [1.54, 1.807) is 6.20 Å². The predicted octanol–water partition coefficient (Wildman–Crippen LogP) is 4.29. The summed E-state index contributed by atoms with van der Waals surface area (Å²) in [4.78, 5) is 24.2. The van der Waals surface area contributed by atoms with Crippen molar-refractivity contribution in [3.63, 3.8) is 0 Å². The lowest BCUT2D eigenvalue weighted by Gasteiger charge is -2.33. The van der Waals surface area contributed by atoms with Crippen LogP contribution in [0.2, 0.25) is 0 Å². The smallest absolute Gasteiger partial charge is 0.225 e. The van der Waals surface area contributed by atoms with Crippen molar-refractivity contribution in [1.29, 1.82) is 0 Å². The number of aryl methyl sites for hydroxylation is 2. The van der Waals surface area contributed by atoms with Gasteiger partial charge in [0, 0.05) is 31.4 Å². The highest BCUT2D eigenvalue weighted by Gasteiger charge is 2.26. The van der Waals surface area contributed by atoms with E-state index >= 15 is 0 Å². The number of hydrogen-bond acceptors (Lipinski definition) is 4. The molecular formula is C25H28N4O. The number of carbonyl (C=O) groups is 1. The van der Waals surface area contributed by atoms with Crippen LogP contribution in [0.4, 0.5) is 5.82 Å². The Kier molecular flexibility index (Phi) is 6.07. The van der Waals surface area contributed by atoms with Gasteiger partial charge in [0.2, 0.25) is 5.91 Å². The van der Waals surface area contributed by atoms with Crippen LogP contribution in [-0.2, 0) is 11.3 Å². The molecule has 2 heterocycles. The van der Waals surface area contributed by atoms with Gasteiger partial charge >= 0.3 is 0 Å². The summed E-state index contributed by atoms with van der Waals surface area (Å²) in [5.41, 5.74) is 4.59. The molecule has 3 aromatic rings. The highest BCUT2D eigenvalue weighted by Crippen LogP contribution is 2.24. The van der Waals surface area contributed by atoms with Gasteiger partial charge in [-0.2, -0.15) is 0 Å². The Balaban J connectivity index is 1.42. The molecule has 5 heteroatoms. The third-order valence-corrected chi connectivity index (χ3v) is 5.78. The molecule has 30 heavy (non-hydrogen) atoms. The summed E-state index contributed by atoms with van der Waals surface area (Å²) in [5.74, 6) is 1.70. The molecule has 0 aliphatic carbocycles. The Morgan fingerprint density at radius 2 is 1.90 bits per heavy atom. The molecule has 1 atom stereocenters. The van der Waals surface area contributed by atoms with Gasteiger partial charge < -0.3 is 10.2 Å². The van der Waals surface area contributed by atoms with Gasteiger partial charge in [-0.05, 0) is 43.9 Å². The average Bonchev–Trinajstić information content (AvgIpc) is 2.79. The molecule has 0 spiro atoms. The van der Waals surface area contributed by atoms with E-state index in [1.165, 1.54) is 11.1 Å². The number of amides is 1. The van der Waals surface area contributed by atoms with Crippen LogP contribution in [0.3, 0.4) is 0 Å². The maximum Gasteiger partial charge on any atom is 0.225 e. The summed E-state index contributed by atoms with van der Waals surface area (Å²) in [7, 11) is 0. The zero-order valence-corrected chi connectivity index (χ0v) is 17.6. The minimum Gasteiger partial charge on any atom is -0.356 e. The zero-order valence-electron chi connectivity index (χ0n) is 17.6. The number of nitrogens with zero attached hydrogens (tertiary/aromatic N) is 3. The van der Waals surface area contributed by atoms with E-state index in [0.717, 1.165) is 42.2 Å². The largest absolute Gasteiger partial charge is 0.356 e. The van der Waals surface area contributed by atoms with Crippen LogP contribution in [-0.4, -0.2) is 29.0 Å². The average molecular weight is 401 g/mol. The van der Waals surface area contributed by atoms with Crippen molar-refractivity contribution in [3.8, 4) is 11.4 Å². The molecule has 1 aliphatic rings. The SMILES string of the molecule is Cc1ccc(-c2nccc(N3CCC[C@@H](C(=O)NCc4ccccc4C)C3)n2)cc1. The Labute approximate surface area is 178 Å². The minimum absolute atomic E-state index is 0.0273. The van der Waals surface area contributed by atoms with Crippen LogP contribution in [0.5, 0.6) is 0 Å². The fourth-order valence-electron chi connectivity index (χ4n) is 3.90. The normalized spacial score (nSPS) is 16.3. The molecule has 1 fully saturated rings. The topological polar surface area (TPSA) is 58.1 Å². The van der Waals surface area contributed by atoms with E-state index < -0.39 is 0 Å². The van der Waals surface area contributed by atoms with Gasteiger partial charge in [-0.25, -0.2) is 9.97 Å². The summed E-state index contributed by atoms with van der Waals surface area (Å²) in [5, 5.41) is 3.13. The fraction of sp³-hybridized carbons (Fsp3) is 0.320. The summed E-state index contributed by atoms with van der Waals surface area (Å²) < 4.78 is 0. The first-order valence-electron chi connectivity index (χ1n) is 10.6. The molecule has 2 aromatic carbocycles. The maximum absolute atomic E-state index is 12.8. The second-order valence-electron chi connectivity index (χ2n) is 8.03. The number of benzene rings is 2. The molecule has 1 saturated heterocycles. The first-order valence-corrected chi connectivity index (χ1v) is 10.6. The molecule has 5 nitrogen and oxygen atoms in total. The van der Waals surface area contributed by atoms with E-state index in [2.05, 4.69) is 53.3 Å². The van der Waals surface area contributed by atoms with Crippen molar-refractivity contribution < 1.29 is 4.79 Å². The van der Waals surface area contributed by atoms with Crippen molar-refractivity contribution in [1.82, 2.24) is 15.3 Å². The van der Waals surface area contributed by atoms with Gasteiger partial charge in [-0.15, -0.1) is 0 Å². The van der Waals surface area contributed by atoms with Crippen LogP contribution < -0.4 is 10.2 Å².